The van der Waals surface area contributed by atoms with Crippen LogP contribution in [0.3, 0.4) is 0 Å². The number of nitriles is 1. The lowest BCUT2D eigenvalue weighted by Gasteiger charge is -2.31. The van der Waals surface area contributed by atoms with Crippen molar-refractivity contribution in [3.63, 3.8) is 0 Å². The molecule has 2 aromatic rings. The zero-order valence-corrected chi connectivity index (χ0v) is 13.0. The van der Waals surface area contributed by atoms with Crippen molar-refractivity contribution in [3.8, 4) is 11.8 Å². The highest BCUT2D eigenvalue weighted by atomic mass is 16.5. The zero-order chi connectivity index (χ0) is 16.7. The van der Waals surface area contributed by atoms with Gasteiger partial charge in [-0.2, -0.15) is 5.26 Å². The summed E-state index contributed by atoms with van der Waals surface area (Å²) >= 11 is 0. The van der Waals surface area contributed by atoms with E-state index in [0.717, 1.165) is 19.3 Å². The number of fused-ring (bicyclic) bond motifs is 3. The van der Waals surface area contributed by atoms with E-state index in [1.165, 1.54) is 0 Å². The van der Waals surface area contributed by atoms with Crippen LogP contribution >= 0.6 is 0 Å². The van der Waals surface area contributed by atoms with Crippen molar-refractivity contribution >= 4 is 11.0 Å². The van der Waals surface area contributed by atoms with E-state index in [1.54, 1.807) is 12.1 Å². The summed E-state index contributed by atoms with van der Waals surface area (Å²) in [7, 11) is 0. The standard InChI is InChI=1S/C19H16N2O3/c20-10-13-15(11-6-2-1-3-7-11)16-17(24-18(13)21)12-8-4-5-9-14(12)23-19(16)22/h2,4-6,8-9,11,15H,1,3,7,21H2/t11-,15-/m0/s1. The van der Waals surface area contributed by atoms with Gasteiger partial charge in [0.1, 0.15) is 11.7 Å². The number of hydrogen-bond donors (Lipinski definition) is 1. The highest BCUT2D eigenvalue weighted by Gasteiger charge is 2.38. The largest absolute Gasteiger partial charge is 0.439 e. The molecular weight excluding hydrogens is 304 g/mol. The molecule has 0 radical (unpaired) electrons. The van der Waals surface area contributed by atoms with Gasteiger partial charge in [-0.05, 0) is 37.3 Å². The van der Waals surface area contributed by atoms with Crippen LogP contribution < -0.4 is 16.1 Å². The average molecular weight is 320 g/mol. The second-order valence-corrected chi connectivity index (χ2v) is 6.12. The monoisotopic (exact) mass is 320 g/mol. The molecule has 1 aliphatic heterocycles. The van der Waals surface area contributed by atoms with Crippen molar-refractivity contribution < 1.29 is 9.15 Å². The molecule has 0 unspecified atom stereocenters. The fourth-order valence-corrected chi connectivity index (χ4v) is 3.65. The van der Waals surface area contributed by atoms with Gasteiger partial charge in [-0.3, -0.25) is 0 Å². The number of para-hydroxylation sites is 1. The predicted molar refractivity (Wildman–Crippen MR) is 89.2 cm³/mol. The Balaban J connectivity index is 2.02. The summed E-state index contributed by atoms with van der Waals surface area (Å²) in [6.07, 6.45) is 7.09. The number of rotatable bonds is 1. The molecule has 0 spiro atoms. The van der Waals surface area contributed by atoms with E-state index in [-0.39, 0.29) is 11.8 Å². The molecule has 4 rings (SSSR count). The molecule has 2 aliphatic rings. The molecule has 5 nitrogen and oxygen atoms in total. The molecular formula is C19H16N2O3. The van der Waals surface area contributed by atoms with Crippen LogP contribution in [-0.4, -0.2) is 0 Å². The summed E-state index contributed by atoms with van der Waals surface area (Å²) < 4.78 is 11.2. The van der Waals surface area contributed by atoms with Crippen molar-refractivity contribution in [2.24, 2.45) is 11.7 Å². The number of nitrogens with two attached hydrogens (primary N) is 1. The van der Waals surface area contributed by atoms with E-state index < -0.39 is 11.5 Å². The molecule has 5 heteroatoms. The van der Waals surface area contributed by atoms with Crippen molar-refractivity contribution in [1.82, 2.24) is 0 Å². The average Bonchev–Trinajstić information content (AvgIpc) is 2.61. The summed E-state index contributed by atoms with van der Waals surface area (Å²) in [5.74, 6) is 0.113. The van der Waals surface area contributed by atoms with Gasteiger partial charge < -0.3 is 14.9 Å². The number of allylic oxidation sites excluding steroid dienone is 3. The number of ether oxygens (including phenoxy) is 1. The van der Waals surface area contributed by atoms with Crippen molar-refractivity contribution in [2.75, 3.05) is 0 Å². The molecule has 2 heterocycles. The minimum Gasteiger partial charge on any atom is -0.439 e. The highest BCUT2D eigenvalue weighted by Crippen LogP contribution is 2.45. The first-order valence-electron chi connectivity index (χ1n) is 8.00. The summed E-state index contributed by atoms with van der Waals surface area (Å²) in [6, 6.07) is 9.32. The molecule has 1 aliphatic carbocycles. The minimum atomic E-state index is -0.465. The number of benzene rings is 1. The first kappa shape index (κ1) is 14.6. The van der Waals surface area contributed by atoms with Crippen LogP contribution in [0.25, 0.3) is 11.0 Å². The van der Waals surface area contributed by atoms with Crippen LogP contribution in [0.5, 0.6) is 5.75 Å². The van der Waals surface area contributed by atoms with Crippen molar-refractivity contribution in [1.29, 1.82) is 5.26 Å². The SMILES string of the molecule is N#CC1=C(N)Oc2c(c(=O)oc3ccccc23)[C@H]1[C@H]1C=CCCC1. The van der Waals surface area contributed by atoms with Gasteiger partial charge in [0.25, 0.3) is 0 Å². The van der Waals surface area contributed by atoms with E-state index in [1.807, 2.05) is 12.1 Å². The van der Waals surface area contributed by atoms with Gasteiger partial charge in [0.05, 0.1) is 16.5 Å². The summed E-state index contributed by atoms with van der Waals surface area (Å²) in [5, 5.41) is 10.3. The third kappa shape index (κ3) is 2.11. The van der Waals surface area contributed by atoms with Gasteiger partial charge >= 0.3 is 5.63 Å². The maximum absolute atomic E-state index is 12.7. The Morgan fingerprint density at radius 2 is 2.12 bits per heavy atom. The molecule has 120 valence electrons. The van der Waals surface area contributed by atoms with Gasteiger partial charge in [-0.25, -0.2) is 4.79 Å². The lowest BCUT2D eigenvalue weighted by molar-refractivity contribution is 0.358. The molecule has 24 heavy (non-hydrogen) atoms. The Kier molecular flexibility index (Phi) is 3.39. The molecule has 1 aromatic carbocycles. The summed E-state index contributed by atoms with van der Waals surface area (Å²) in [5.41, 5.74) is 6.71. The van der Waals surface area contributed by atoms with Gasteiger partial charge in [0.2, 0.25) is 5.88 Å². The van der Waals surface area contributed by atoms with Gasteiger partial charge in [0.15, 0.2) is 5.75 Å². The third-order valence-corrected chi connectivity index (χ3v) is 4.74. The second kappa shape index (κ2) is 5.57. The molecule has 0 fully saturated rings. The van der Waals surface area contributed by atoms with Crippen LogP contribution in [-0.2, 0) is 0 Å². The third-order valence-electron chi connectivity index (χ3n) is 4.74. The molecule has 0 bridgehead atoms. The topological polar surface area (TPSA) is 89.3 Å². The van der Waals surface area contributed by atoms with Crippen LogP contribution in [0, 0.1) is 17.2 Å². The molecule has 1 aromatic heterocycles. The Labute approximate surface area is 138 Å². The van der Waals surface area contributed by atoms with Crippen LogP contribution in [0.15, 0.2) is 57.1 Å². The van der Waals surface area contributed by atoms with E-state index in [4.69, 9.17) is 14.9 Å². The Morgan fingerprint density at radius 1 is 1.29 bits per heavy atom. The first-order chi connectivity index (χ1) is 11.7. The fraction of sp³-hybridized carbons (Fsp3) is 0.263. The van der Waals surface area contributed by atoms with Crippen LogP contribution in [0.4, 0.5) is 0 Å². The lowest BCUT2D eigenvalue weighted by atomic mass is 9.75. The summed E-state index contributed by atoms with van der Waals surface area (Å²) in [6.45, 7) is 0. The molecule has 0 amide bonds. The fourth-order valence-electron chi connectivity index (χ4n) is 3.65. The Hall–Kier alpha value is -3.00. The van der Waals surface area contributed by atoms with Gasteiger partial charge in [0, 0.05) is 5.92 Å². The maximum atomic E-state index is 12.7. The number of hydrogen-bond acceptors (Lipinski definition) is 5. The Bertz CT molecular complexity index is 978. The maximum Gasteiger partial charge on any atom is 0.343 e. The van der Waals surface area contributed by atoms with E-state index in [0.29, 0.717) is 27.9 Å². The van der Waals surface area contributed by atoms with Crippen LogP contribution in [0.1, 0.15) is 30.7 Å². The normalized spacial score (nSPS) is 22.8. The van der Waals surface area contributed by atoms with E-state index in [2.05, 4.69) is 18.2 Å². The second-order valence-electron chi connectivity index (χ2n) is 6.12. The highest BCUT2D eigenvalue weighted by molar-refractivity contribution is 5.85. The molecule has 0 saturated heterocycles. The lowest BCUT2D eigenvalue weighted by Crippen LogP contribution is -2.29. The molecule has 0 saturated carbocycles. The van der Waals surface area contributed by atoms with Gasteiger partial charge in [-0.15, -0.1) is 0 Å². The zero-order valence-electron chi connectivity index (χ0n) is 13.0. The first-order valence-corrected chi connectivity index (χ1v) is 8.00. The molecule has 2 atom stereocenters. The summed E-state index contributed by atoms with van der Waals surface area (Å²) in [4.78, 5) is 12.7. The Morgan fingerprint density at radius 3 is 2.88 bits per heavy atom. The quantitative estimate of drug-likeness (QED) is 0.643. The predicted octanol–water partition coefficient (Wildman–Crippen LogP) is 3.32. The smallest absolute Gasteiger partial charge is 0.343 e. The van der Waals surface area contributed by atoms with E-state index in [9.17, 15) is 10.1 Å². The molecule has 2 N–H and O–H groups in total. The number of nitrogens with zero attached hydrogens (tertiary/aromatic N) is 1. The van der Waals surface area contributed by atoms with Gasteiger partial charge in [-0.1, -0.05) is 24.3 Å². The van der Waals surface area contributed by atoms with Crippen LogP contribution in [0.2, 0.25) is 0 Å². The minimum absolute atomic E-state index is 0.0404. The van der Waals surface area contributed by atoms with Crippen molar-refractivity contribution in [2.45, 2.75) is 25.2 Å². The van der Waals surface area contributed by atoms with Crippen molar-refractivity contribution in [3.05, 3.63) is 63.9 Å². The van der Waals surface area contributed by atoms with E-state index >= 15 is 0 Å².